The number of thiazole rings is 1. The predicted octanol–water partition coefficient (Wildman–Crippen LogP) is 1.60. The molecule has 0 atom stereocenters. The highest BCUT2D eigenvalue weighted by molar-refractivity contribution is 7.11. The first kappa shape index (κ1) is 13.4. The van der Waals surface area contributed by atoms with E-state index in [1.807, 2.05) is 13.8 Å². The van der Waals surface area contributed by atoms with Gasteiger partial charge in [0.1, 0.15) is 5.82 Å². The van der Waals surface area contributed by atoms with Gasteiger partial charge >= 0.3 is 0 Å². The third kappa shape index (κ3) is 3.72. The third-order valence-electron chi connectivity index (χ3n) is 2.35. The van der Waals surface area contributed by atoms with Crippen LogP contribution in [0.4, 0.5) is 5.82 Å². The largest absolute Gasteiger partial charge is 0.369 e. The summed E-state index contributed by atoms with van der Waals surface area (Å²) in [4.78, 5) is 17.0. The fourth-order valence-electron chi connectivity index (χ4n) is 1.47. The van der Waals surface area contributed by atoms with Gasteiger partial charge < -0.3 is 10.6 Å². The first-order valence-electron chi connectivity index (χ1n) is 5.96. The molecule has 7 heteroatoms. The topological polar surface area (TPSA) is 79.8 Å². The summed E-state index contributed by atoms with van der Waals surface area (Å²) in [7, 11) is 0. The SMILES string of the molecule is CCNc1ccc(C(=O)NCc2cnc(C)s2)nn1. The Morgan fingerprint density at radius 1 is 1.37 bits per heavy atom. The molecule has 19 heavy (non-hydrogen) atoms. The maximum Gasteiger partial charge on any atom is 0.272 e. The van der Waals surface area contributed by atoms with Gasteiger partial charge in [-0.25, -0.2) is 4.98 Å². The summed E-state index contributed by atoms with van der Waals surface area (Å²) in [6, 6.07) is 3.39. The molecule has 6 nitrogen and oxygen atoms in total. The molecular formula is C12H15N5OS. The number of amides is 1. The smallest absolute Gasteiger partial charge is 0.272 e. The number of aryl methyl sites for hydroxylation is 1. The molecule has 0 saturated heterocycles. The van der Waals surface area contributed by atoms with Crippen LogP contribution in [0.2, 0.25) is 0 Å². The number of carbonyl (C=O) groups is 1. The maximum absolute atomic E-state index is 11.8. The van der Waals surface area contributed by atoms with Gasteiger partial charge in [0.05, 0.1) is 11.6 Å². The van der Waals surface area contributed by atoms with Crippen molar-refractivity contribution in [2.24, 2.45) is 0 Å². The molecule has 0 aliphatic heterocycles. The zero-order valence-corrected chi connectivity index (χ0v) is 11.6. The van der Waals surface area contributed by atoms with Crippen LogP contribution >= 0.6 is 11.3 Å². The van der Waals surface area contributed by atoms with Gasteiger partial charge in [0.15, 0.2) is 5.69 Å². The molecule has 0 aliphatic carbocycles. The van der Waals surface area contributed by atoms with Crippen LogP contribution in [0, 0.1) is 6.92 Å². The summed E-state index contributed by atoms with van der Waals surface area (Å²) in [6.45, 7) is 5.13. The fourth-order valence-corrected chi connectivity index (χ4v) is 2.21. The molecule has 0 radical (unpaired) electrons. The predicted molar refractivity (Wildman–Crippen MR) is 74.2 cm³/mol. The van der Waals surface area contributed by atoms with Crippen molar-refractivity contribution < 1.29 is 4.79 Å². The van der Waals surface area contributed by atoms with E-state index in [9.17, 15) is 4.79 Å². The van der Waals surface area contributed by atoms with Crippen molar-refractivity contribution in [1.82, 2.24) is 20.5 Å². The van der Waals surface area contributed by atoms with Crippen molar-refractivity contribution in [1.29, 1.82) is 0 Å². The molecule has 0 bridgehead atoms. The molecule has 0 aliphatic rings. The summed E-state index contributed by atoms with van der Waals surface area (Å²) < 4.78 is 0. The lowest BCUT2D eigenvalue weighted by Crippen LogP contribution is -2.23. The van der Waals surface area contributed by atoms with E-state index in [2.05, 4.69) is 25.8 Å². The minimum absolute atomic E-state index is 0.235. The molecule has 2 rings (SSSR count). The quantitative estimate of drug-likeness (QED) is 0.868. The van der Waals surface area contributed by atoms with Crippen LogP contribution in [0.25, 0.3) is 0 Å². The molecule has 1 amide bonds. The van der Waals surface area contributed by atoms with E-state index in [4.69, 9.17) is 0 Å². The first-order valence-corrected chi connectivity index (χ1v) is 6.78. The molecule has 0 unspecified atom stereocenters. The highest BCUT2D eigenvalue weighted by Gasteiger charge is 2.08. The lowest BCUT2D eigenvalue weighted by atomic mass is 10.3. The van der Waals surface area contributed by atoms with Crippen LogP contribution < -0.4 is 10.6 Å². The van der Waals surface area contributed by atoms with Gasteiger partial charge in [-0.15, -0.1) is 21.5 Å². The summed E-state index contributed by atoms with van der Waals surface area (Å²) in [5.74, 6) is 0.429. The highest BCUT2D eigenvalue weighted by Crippen LogP contribution is 2.11. The minimum atomic E-state index is -0.235. The third-order valence-corrected chi connectivity index (χ3v) is 3.26. The van der Waals surface area contributed by atoms with Gasteiger partial charge in [-0.1, -0.05) is 0 Å². The number of carbonyl (C=O) groups excluding carboxylic acids is 1. The molecular weight excluding hydrogens is 262 g/mol. The Labute approximate surface area is 115 Å². The number of hydrogen-bond donors (Lipinski definition) is 2. The maximum atomic E-state index is 11.8. The Bertz CT molecular complexity index is 552. The average molecular weight is 277 g/mol. The molecule has 0 saturated carbocycles. The second kappa shape index (κ2) is 6.24. The van der Waals surface area contributed by atoms with Gasteiger partial charge in [-0.2, -0.15) is 0 Å². The highest BCUT2D eigenvalue weighted by atomic mass is 32.1. The average Bonchev–Trinajstić information content (AvgIpc) is 2.83. The number of nitrogens with zero attached hydrogens (tertiary/aromatic N) is 3. The summed E-state index contributed by atoms with van der Waals surface area (Å²) in [5, 5.41) is 14.6. The Morgan fingerprint density at radius 3 is 2.79 bits per heavy atom. The van der Waals surface area contributed by atoms with Crippen LogP contribution in [0.5, 0.6) is 0 Å². The van der Waals surface area contributed by atoms with Gasteiger partial charge in [0.2, 0.25) is 0 Å². The van der Waals surface area contributed by atoms with Gasteiger partial charge in [0.25, 0.3) is 5.91 Å². The molecule has 2 heterocycles. The Morgan fingerprint density at radius 2 is 2.21 bits per heavy atom. The number of aromatic nitrogens is 3. The fraction of sp³-hybridized carbons (Fsp3) is 0.333. The van der Waals surface area contributed by atoms with Crippen molar-refractivity contribution in [3.63, 3.8) is 0 Å². The number of anilines is 1. The van der Waals surface area contributed by atoms with E-state index >= 15 is 0 Å². The van der Waals surface area contributed by atoms with E-state index in [0.29, 0.717) is 18.1 Å². The zero-order valence-electron chi connectivity index (χ0n) is 10.8. The standard InChI is InChI=1S/C12H15N5OS/c1-3-13-11-5-4-10(16-17-11)12(18)15-7-9-6-14-8(2)19-9/h4-6H,3,7H2,1-2H3,(H,13,17)(H,15,18). The van der Waals surface area contributed by atoms with E-state index < -0.39 is 0 Å². The summed E-state index contributed by atoms with van der Waals surface area (Å²) in [5.41, 5.74) is 0.308. The van der Waals surface area contributed by atoms with Crippen LogP contribution in [0.15, 0.2) is 18.3 Å². The lowest BCUT2D eigenvalue weighted by Gasteiger charge is -2.04. The van der Waals surface area contributed by atoms with Crippen LogP contribution in [-0.4, -0.2) is 27.6 Å². The van der Waals surface area contributed by atoms with E-state index in [-0.39, 0.29) is 5.91 Å². The Balaban J connectivity index is 1.92. The van der Waals surface area contributed by atoms with E-state index in [0.717, 1.165) is 16.4 Å². The van der Waals surface area contributed by atoms with E-state index in [1.165, 1.54) is 0 Å². The lowest BCUT2D eigenvalue weighted by molar-refractivity contribution is 0.0945. The Hall–Kier alpha value is -2.02. The van der Waals surface area contributed by atoms with Crippen molar-refractivity contribution in [3.8, 4) is 0 Å². The van der Waals surface area contributed by atoms with Gasteiger partial charge in [0, 0.05) is 17.6 Å². The molecule has 100 valence electrons. The van der Waals surface area contributed by atoms with Crippen molar-refractivity contribution in [3.05, 3.63) is 33.9 Å². The molecule has 0 aromatic carbocycles. The number of nitrogens with one attached hydrogen (secondary N) is 2. The zero-order chi connectivity index (χ0) is 13.7. The number of hydrogen-bond acceptors (Lipinski definition) is 6. The normalized spacial score (nSPS) is 10.2. The molecule has 0 fully saturated rings. The summed E-state index contributed by atoms with van der Waals surface area (Å²) in [6.07, 6.45) is 1.76. The van der Waals surface area contributed by atoms with Crippen molar-refractivity contribution >= 4 is 23.1 Å². The van der Waals surface area contributed by atoms with Gasteiger partial charge in [-0.05, 0) is 26.0 Å². The second-order valence-corrected chi connectivity index (χ2v) is 5.18. The van der Waals surface area contributed by atoms with Crippen LogP contribution in [0.3, 0.4) is 0 Å². The second-order valence-electron chi connectivity index (χ2n) is 3.86. The molecule has 2 aromatic rings. The first-order chi connectivity index (χ1) is 9.19. The Kier molecular flexibility index (Phi) is 4.40. The van der Waals surface area contributed by atoms with Crippen LogP contribution in [0.1, 0.15) is 27.3 Å². The number of rotatable bonds is 5. The molecule has 0 spiro atoms. The minimum Gasteiger partial charge on any atom is -0.369 e. The molecule has 2 aromatic heterocycles. The van der Waals surface area contributed by atoms with Crippen molar-refractivity contribution in [2.75, 3.05) is 11.9 Å². The van der Waals surface area contributed by atoms with Crippen molar-refractivity contribution in [2.45, 2.75) is 20.4 Å². The van der Waals surface area contributed by atoms with Gasteiger partial charge in [-0.3, -0.25) is 4.79 Å². The summed E-state index contributed by atoms with van der Waals surface area (Å²) >= 11 is 1.56. The monoisotopic (exact) mass is 277 g/mol. The molecule has 2 N–H and O–H groups in total. The van der Waals surface area contributed by atoms with Crippen LogP contribution in [-0.2, 0) is 6.54 Å². The van der Waals surface area contributed by atoms with E-state index in [1.54, 1.807) is 29.7 Å².